The summed E-state index contributed by atoms with van der Waals surface area (Å²) in [6.45, 7) is 3.08. The third kappa shape index (κ3) is 4.64. The molecular weight excluding hydrogens is 429 g/mol. The molecule has 2 aliphatic heterocycles. The minimum absolute atomic E-state index is 0.195. The van der Waals surface area contributed by atoms with Gasteiger partial charge in [0.15, 0.2) is 0 Å². The summed E-state index contributed by atoms with van der Waals surface area (Å²) in [5, 5.41) is 8.71. The number of amides is 3. The molecule has 0 aliphatic carbocycles. The first-order valence-corrected chi connectivity index (χ1v) is 10.9. The van der Waals surface area contributed by atoms with Gasteiger partial charge in [-0.1, -0.05) is 0 Å². The van der Waals surface area contributed by atoms with Gasteiger partial charge in [0.05, 0.1) is 24.2 Å². The first kappa shape index (κ1) is 21.3. The molecule has 4 heterocycles. The molecule has 1 atom stereocenters. The molecule has 0 bridgehead atoms. The van der Waals surface area contributed by atoms with E-state index in [0.717, 1.165) is 32.5 Å². The second-order valence-corrected chi connectivity index (χ2v) is 8.05. The Kier molecular flexibility index (Phi) is 5.88. The van der Waals surface area contributed by atoms with Crippen molar-refractivity contribution in [2.24, 2.45) is 0 Å². The molecule has 5 rings (SSSR count). The van der Waals surface area contributed by atoms with Gasteiger partial charge in [-0.05, 0) is 31.0 Å². The number of fused-ring (bicyclic) bond motifs is 1. The van der Waals surface area contributed by atoms with Crippen LogP contribution in [0.1, 0.15) is 12.8 Å². The second kappa shape index (κ2) is 9.12. The summed E-state index contributed by atoms with van der Waals surface area (Å²) in [6, 6.07) is 4.19. The topological polar surface area (TPSA) is 113 Å². The summed E-state index contributed by atoms with van der Waals surface area (Å²) >= 11 is 0. The monoisotopic (exact) mass is 453 g/mol. The van der Waals surface area contributed by atoms with E-state index in [4.69, 9.17) is 4.74 Å². The fourth-order valence-electron chi connectivity index (χ4n) is 3.96. The van der Waals surface area contributed by atoms with E-state index in [9.17, 15) is 14.0 Å². The van der Waals surface area contributed by atoms with Crippen LogP contribution in [0.3, 0.4) is 0 Å². The van der Waals surface area contributed by atoms with Crippen molar-refractivity contribution in [3.05, 3.63) is 42.6 Å². The Balaban J connectivity index is 1.35. The third-order valence-corrected chi connectivity index (χ3v) is 5.68. The number of ether oxygens (including phenoxy) is 1. The van der Waals surface area contributed by atoms with E-state index < -0.39 is 11.9 Å². The Morgan fingerprint density at radius 3 is 2.79 bits per heavy atom. The molecule has 0 saturated carbocycles. The van der Waals surface area contributed by atoms with Crippen LogP contribution in [0.25, 0.3) is 17.0 Å². The van der Waals surface area contributed by atoms with Gasteiger partial charge >= 0.3 is 6.03 Å². The number of likely N-dealkylation sites (tertiary alicyclic amines) is 1. The quantitative estimate of drug-likeness (QED) is 0.558. The number of hydrogen-bond donors (Lipinski definition) is 3. The molecule has 0 unspecified atom stereocenters. The number of hydrogen-bond acceptors (Lipinski definition) is 6. The minimum atomic E-state index is -0.569. The fraction of sp³-hybridized carbons (Fsp3) is 0.364. The molecule has 11 heteroatoms. The zero-order valence-corrected chi connectivity index (χ0v) is 17.9. The van der Waals surface area contributed by atoms with Crippen LogP contribution in [-0.4, -0.2) is 70.1 Å². The summed E-state index contributed by atoms with van der Waals surface area (Å²) in [5.41, 5.74) is 1.56. The lowest BCUT2D eigenvalue weighted by molar-refractivity contribution is -0.128. The number of carbonyl (C=O) groups excluding carboxylic acids is 2. The van der Waals surface area contributed by atoms with Gasteiger partial charge in [-0.15, -0.1) is 0 Å². The van der Waals surface area contributed by atoms with Gasteiger partial charge in [-0.2, -0.15) is 0 Å². The van der Waals surface area contributed by atoms with Crippen molar-refractivity contribution in [2.45, 2.75) is 18.9 Å². The molecule has 2 aromatic heterocycles. The summed E-state index contributed by atoms with van der Waals surface area (Å²) in [4.78, 5) is 35.1. The predicted octanol–water partition coefficient (Wildman–Crippen LogP) is 2.09. The number of rotatable bonds is 4. The van der Waals surface area contributed by atoms with Crippen molar-refractivity contribution in [2.75, 3.05) is 43.4 Å². The Morgan fingerprint density at radius 2 is 2.00 bits per heavy atom. The number of nitrogens with one attached hydrogen (secondary N) is 3. The highest BCUT2D eigenvalue weighted by atomic mass is 19.1. The molecule has 2 saturated heterocycles. The van der Waals surface area contributed by atoms with Gasteiger partial charge in [-0.3, -0.25) is 9.20 Å². The Morgan fingerprint density at radius 1 is 1.15 bits per heavy atom. The van der Waals surface area contributed by atoms with Crippen LogP contribution in [0.4, 0.5) is 20.6 Å². The molecule has 3 amide bonds. The summed E-state index contributed by atoms with van der Waals surface area (Å²) < 4.78 is 21.7. The van der Waals surface area contributed by atoms with Crippen LogP contribution in [0.2, 0.25) is 0 Å². The number of anilines is 2. The fourth-order valence-corrected chi connectivity index (χ4v) is 3.96. The number of benzene rings is 1. The molecule has 172 valence electrons. The molecule has 10 nitrogen and oxygen atoms in total. The van der Waals surface area contributed by atoms with Gasteiger partial charge in [0.1, 0.15) is 11.9 Å². The van der Waals surface area contributed by atoms with E-state index in [2.05, 4.69) is 25.9 Å². The minimum Gasteiger partial charge on any atom is -0.366 e. The molecular formula is C22H24FN7O3. The maximum atomic E-state index is 14.6. The average Bonchev–Trinajstić information content (AvgIpc) is 3.51. The van der Waals surface area contributed by atoms with Crippen LogP contribution in [0.5, 0.6) is 0 Å². The van der Waals surface area contributed by atoms with Crippen molar-refractivity contribution < 1.29 is 18.7 Å². The number of urea groups is 1. The third-order valence-electron chi connectivity index (χ3n) is 5.68. The SMILES string of the molecule is O=C(Nc1cnc2nc(-c3cc(NC(=O)N4CCCC4)ccc3F)cn2c1)[C@@H]1CNCCO1. The Labute approximate surface area is 189 Å². The van der Waals surface area contributed by atoms with Crippen LogP contribution in [0.15, 0.2) is 36.8 Å². The summed E-state index contributed by atoms with van der Waals surface area (Å²) in [5.74, 6) is -0.381. The highest BCUT2D eigenvalue weighted by molar-refractivity contribution is 5.94. The zero-order valence-electron chi connectivity index (χ0n) is 17.9. The van der Waals surface area contributed by atoms with Crippen molar-refractivity contribution in [3.63, 3.8) is 0 Å². The van der Waals surface area contributed by atoms with Gasteiger partial charge < -0.3 is 25.6 Å². The highest BCUT2D eigenvalue weighted by Crippen LogP contribution is 2.26. The van der Waals surface area contributed by atoms with Crippen LogP contribution in [-0.2, 0) is 9.53 Å². The maximum Gasteiger partial charge on any atom is 0.321 e. The molecule has 2 fully saturated rings. The normalized spacial score (nSPS) is 18.5. The van der Waals surface area contributed by atoms with Gasteiger partial charge in [0.2, 0.25) is 5.78 Å². The van der Waals surface area contributed by atoms with E-state index in [1.807, 2.05) is 0 Å². The Hall–Kier alpha value is -3.57. The summed E-state index contributed by atoms with van der Waals surface area (Å²) in [6.07, 6.45) is 6.18. The lowest BCUT2D eigenvalue weighted by Crippen LogP contribution is -2.45. The molecule has 3 aromatic rings. The van der Waals surface area contributed by atoms with Gasteiger partial charge in [0.25, 0.3) is 5.91 Å². The van der Waals surface area contributed by atoms with Crippen molar-refractivity contribution in [1.29, 1.82) is 0 Å². The number of carbonyl (C=O) groups is 2. The first-order valence-electron chi connectivity index (χ1n) is 10.9. The van der Waals surface area contributed by atoms with Crippen LogP contribution in [0, 0.1) is 5.82 Å². The molecule has 33 heavy (non-hydrogen) atoms. The zero-order chi connectivity index (χ0) is 22.8. The number of imidazole rings is 1. The maximum absolute atomic E-state index is 14.6. The number of aromatic nitrogens is 3. The summed E-state index contributed by atoms with van der Waals surface area (Å²) in [7, 11) is 0. The smallest absolute Gasteiger partial charge is 0.321 e. The first-order chi connectivity index (χ1) is 16.1. The van der Waals surface area contributed by atoms with Crippen molar-refractivity contribution in [1.82, 2.24) is 24.6 Å². The lowest BCUT2D eigenvalue weighted by Gasteiger charge is -2.22. The second-order valence-electron chi connectivity index (χ2n) is 8.05. The van der Waals surface area contributed by atoms with Crippen LogP contribution >= 0.6 is 0 Å². The van der Waals surface area contributed by atoms with Gasteiger partial charge in [0, 0.05) is 49.8 Å². The van der Waals surface area contributed by atoms with Crippen molar-refractivity contribution in [3.8, 4) is 11.3 Å². The average molecular weight is 453 g/mol. The molecule has 0 radical (unpaired) electrons. The standard InChI is InChI=1S/C22H24FN7O3/c23-17-4-3-14(27-22(32)29-6-1-2-7-29)9-16(17)18-13-30-12-15(10-25-21(30)28-18)26-20(31)19-11-24-5-8-33-19/h3-4,9-10,12-13,19,24H,1-2,5-8,11H2,(H,26,31)(H,27,32)/t19-/m0/s1. The van der Waals surface area contributed by atoms with Crippen LogP contribution < -0.4 is 16.0 Å². The van der Waals surface area contributed by atoms with Crippen molar-refractivity contribution >= 4 is 29.1 Å². The van der Waals surface area contributed by atoms with E-state index in [1.54, 1.807) is 27.8 Å². The van der Waals surface area contributed by atoms with Gasteiger partial charge in [-0.25, -0.2) is 19.2 Å². The van der Waals surface area contributed by atoms with E-state index in [-0.39, 0.29) is 17.5 Å². The molecule has 0 spiro atoms. The number of halogens is 1. The number of morpholine rings is 1. The molecule has 3 N–H and O–H groups in total. The largest absolute Gasteiger partial charge is 0.366 e. The molecule has 1 aromatic carbocycles. The van der Waals surface area contributed by atoms with E-state index in [1.165, 1.54) is 18.3 Å². The lowest BCUT2D eigenvalue weighted by atomic mass is 10.1. The number of nitrogens with zero attached hydrogens (tertiary/aromatic N) is 4. The van der Waals surface area contributed by atoms with E-state index in [0.29, 0.717) is 36.0 Å². The Bertz CT molecular complexity index is 1190. The molecule has 2 aliphatic rings. The van der Waals surface area contributed by atoms with E-state index >= 15 is 0 Å². The predicted molar refractivity (Wildman–Crippen MR) is 119 cm³/mol. The highest BCUT2D eigenvalue weighted by Gasteiger charge is 2.22.